The van der Waals surface area contributed by atoms with Gasteiger partial charge in [-0.05, 0) is 29.8 Å². The zero-order valence-corrected chi connectivity index (χ0v) is 13.7. The fourth-order valence-electron chi connectivity index (χ4n) is 3.31. The Morgan fingerprint density at radius 3 is 2.84 bits per heavy atom. The maximum atomic E-state index is 11.1. The second-order valence-electron chi connectivity index (χ2n) is 6.17. The van der Waals surface area contributed by atoms with Crippen molar-refractivity contribution < 1.29 is 19.4 Å². The molecule has 128 valence electrons. The van der Waals surface area contributed by atoms with Crippen LogP contribution >= 0.6 is 0 Å². The smallest absolute Gasteiger partial charge is 0.306 e. The highest BCUT2D eigenvalue weighted by molar-refractivity contribution is 5.83. The van der Waals surface area contributed by atoms with Gasteiger partial charge >= 0.3 is 5.97 Å². The van der Waals surface area contributed by atoms with Gasteiger partial charge in [0, 0.05) is 23.1 Å². The van der Waals surface area contributed by atoms with Gasteiger partial charge in [-0.3, -0.25) is 4.79 Å². The van der Waals surface area contributed by atoms with Crippen LogP contribution in [0.5, 0.6) is 5.75 Å². The molecule has 25 heavy (non-hydrogen) atoms. The number of nitrogens with zero attached hydrogens (tertiary/aromatic N) is 1. The van der Waals surface area contributed by atoms with E-state index < -0.39 is 12.1 Å². The standard InChI is InChI=1S/C20H19NO4/c22-20(23)12-19-18-11-15-10-16(25-13-14-4-2-1-3-5-14)6-7-17(15)21(18)8-9-24-19/h1-7,10-11,19H,8-9,12-13H2,(H,22,23). The molecule has 2 aromatic carbocycles. The minimum atomic E-state index is -0.851. The maximum Gasteiger partial charge on any atom is 0.306 e. The molecule has 5 heteroatoms. The summed E-state index contributed by atoms with van der Waals surface area (Å²) in [6.45, 7) is 1.78. The van der Waals surface area contributed by atoms with Gasteiger partial charge in [0.2, 0.25) is 0 Å². The Morgan fingerprint density at radius 1 is 1.20 bits per heavy atom. The molecule has 0 radical (unpaired) electrons. The molecule has 0 saturated carbocycles. The van der Waals surface area contributed by atoms with Gasteiger partial charge in [0.05, 0.1) is 13.0 Å². The molecule has 1 aromatic heterocycles. The van der Waals surface area contributed by atoms with Crippen molar-refractivity contribution in [1.29, 1.82) is 0 Å². The lowest BCUT2D eigenvalue weighted by molar-refractivity contribution is -0.141. The van der Waals surface area contributed by atoms with Gasteiger partial charge in [-0.1, -0.05) is 30.3 Å². The molecule has 0 bridgehead atoms. The summed E-state index contributed by atoms with van der Waals surface area (Å²) in [4.78, 5) is 11.1. The highest BCUT2D eigenvalue weighted by Gasteiger charge is 2.25. The Morgan fingerprint density at radius 2 is 2.04 bits per heavy atom. The van der Waals surface area contributed by atoms with E-state index in [1.165, 1.54) is 0 Å². The molecule has 1 aliphatic heterocycles. The monoisotopic (exact) mass is 337 g/mol. The van der Waals surface area contributed by atoms with Crippen molar-refractivity contribution in [3.8, 4) is 5.75 Å². The number of hydrogen-bond donors (Lipinski definition) is 1. The quantitative estimate of drug-likeness (QED) is 0.770. The molecule has 0 amide bonds. The number of fused-ring (bicyclic) bond motifs is 3. The van der Waals surface area contributed by atoms with E-state index in [4.69, 9.17) is 14.6 Å². The lowest BCUT2D eigenvalue weighted by atomic mass is 10.1. The average molecular weight is 337 g/mol. The van der Waals surface area contributed by atoms with Crippen LogP contribution in [0.25, 0.3) is 10.9 Å². The fraction of sp³-hybridized carbons (Fsp3) is 0.250. The normalized spacial score (nSPS) is 16.6. The first-order valence-corrected chi connectivity index (χ1v) is 8.34. The average Bonchev–Trinajstić information content (AvgIpc) is 2.99. The number of ether oxygens (including phenoxy) is 2. The number of aromatic nitrogens is 1. The zero-order valence-electron chi connectivity index (χ0n) is 13.7. The van der Waals surface area contributed by atoms with E-state index >= 15 is 0 Å². The summed E-state index contributed by atoms with van der Waals surface area (Å²) in [6.07, 6.45) is -0.416. The van der Waals surface area contributed by atoms with E-state index in [2.05, 4.69) is 4.57 Å². The van der Waals surface area contributed by atoms with Crippen molar-refractivity contribution in [2.75, 3.05) is 6.61 Å². The van der Waals surface area contributed by atoms with E-state index in [0.29, 0.717) is 13.2 Å². The third-order valence-corrected chi connectivity index (χ3v) is 4.48. The number of rotatable bonds is 5. The molecular formula is C20H19NO4. The number of carboxylic acid groups (broad SMARTS) is 1. The van der Waals surface area contributed by atoms with Crippen LogP contribution in [0, 0.1) is 0 Å². The third-order valence-electron chi connectivity index (χ3n) is 4.48. The second-order valence-corrected chi connectivity index (χ2v) is 6.17. The van der Waals surface area contributed by atoms with Crippen LogP contribution < -0.4 is 4.74 Å². The van der Waals surface area contributed by atoms with Crippen LogP contribution in [-0.2, 0) is 22.7 Å². The lowest BCUT2D eigenvalue weighted by Gasteiger charge is -2.24. The Hall–Kier alpha value is -2.79. The van der Waals surface area contributed by atoms with E-state index in [-0.39, 0.29) is 6.42 Å². The van der Waals surface area contributed by atoms with Crippen molar-refractivity contribution in [2.45, 2.75) is 25.7 Å². The van der Waals surface area contributed by atoms with Gasteiger partial charge in [-0.2, -0.15) is 0 Å². The van der Waals surface area contributed by atoms with Gasteiger partial charge in [0.15, 0.2) is 0 Å². The first kappa shape index (κ1) is 15.7. The summed E-state index contributed by atoms with van der Waals surface area (Å²) in [5.41, 5.74) is 3.12. The molecule has 1 aliphatic rings. The molecule has 0 spiro atoms. The Labute approximate surface area is 145 Å². The topological polar surface area (TPSA) is 60.7 Å². The number of benzene rings is 2. The maximum absolute atomic E-state index is 11.1. The van der Waals surface area contributed by atoms with E-state index in [0.717, 1.165) is 34.5 Å². The summed E-state index contributed by atoms with van der Waals surface area (Å²) in [6, 6.07) is 18.0. The van der Waals surface area contributed by atoms with Crippen molar-refractivity contribution in [3.63, 3.8) is 0 Å². The van der Waals surface area contributed by atoms with Crippen molar-refractivity contribution in [1.82, 2.24) is 4.57 Å². The van der Waals surface area contributed by atoms with Crippen LogP contribution in [0.15, 0.2) is 54.6 Å². The van der Waals surface area contributed by atoms with Gasteiger partial charge in [0.25, 0.3) is 0 Å². The van der Waals surface area contributed by atoms with E-state index in [1.54, 1.807) is 0 Å². The summed E-state index contributed by atoms with van der Waals surface area (Å²) < 4.78 is 13.7. The lowest BCUT2D eigenvalue weighted by Crippen LogP contribution is -2.22. The molecule has 1 unspecified atom stereocenters. The van der Waals surface area contributed by atoms with Crippen LogP contribution in [0.2, 0.25) is 0 Å². The van der Waals surface area contributed by atoms with E-state index in [1.807, 2.05) is 54.6 Å². The molecule has 1 N–H and O–H groups in total. The fourth-order valence-corrected chi connectivity index (χ4v) is 3.31. The first-order valence-electron chi connectivity index (χ1n) is 8.34. The van der Waals surface area contributed by atoms with Crippen LogP contribution in [0.3, 0.4) is 0 Å². The third kappa shape index (κ3) is 3.23. The summed E-state index contributed by atoms with van der Waals surface area (Å²) in [5, 5.41) is 10.1. The summed E-state index contributed by atoms with van der Waals surface area (Å²) >= 11 is 0. The molecule has 2 heterocycles. The molecule has 4 rings (SSSR count). The minimum Gasteiger partial charge on any atom is -0.489 e. The van der Waals surface area contributed by atoms with Gasteiger partial charge in [0.1, 0.15) is 18.5 Å². The predicted octanol–water partition coefficient (Wildman–Crippen LogP) is 3.77. The van der Waals surface area contributed by atoms with Crippen LogP contribution in [0.1, 0.15) is 23.8 Å². The second kappa shape index (κ2) is 6.61. The van der Waals surface area contributed by atoms with Gasteiger partial charge < -0.3 is 19.1 Å². The Bertz CT molecular complexity index is 901. The number of hydrogen-bond acceptors (Lipinski definition) is 3. The van der Waals surface area contributed by atoms with Gasteiger partial charge in [-0.15, -0.1) is 0 Å². The molecule has 0 fully saturated rings. The van der Waals surface area contributed by atoms with Crippen molar-refractivity contribution >= 4 is 16.9 Å². The molecule has 3 aromatic rings. The molecule has 0 saturated heterocycles. The Kier molecular flexibility index (Phi) is 4.15. The Balaban J connectivity index is 1.60. The first-order chi connectivity index (χ1) is 12.2. The van der Waals surface area contributed by atoms with Crippen LogP contribution in [-0.4, -0.2) is 22.2 Å². The summed E-state index contributed by atoms with van der Waals surface area (Å²) in [7, 11) is 0. The number of carbonyl (C=O) groups is 1. The highest BCUT2D eigenvalue weighted by atomic mass is 16.5. The number of aliphatic carboxylic acids is 1. The number of carboxylic acids is 1. The molecule has 0 aliphatic carbocycles. The zero-order chi connectivity index (χ0) is 17.2. The van der Waals surface area contributed by atoms with E-state index in [9.17, 15) is 4.79 Å². The SMILES string of the molecule is O=C(O)CC1OCCn2c1cc1cc(OCc3ccccc3)ccc12. The minimum absolute atomic E-state index is 0.0202. The predicted molar refractivity (Wildman–Crippen MR) is 93.7 cm³/mol. The largest absolute Gasteiger partial charge is 0.489 e. The van der Waals surface area contributed by atoms with Crippen molar-refractivity contribution in [3.05, 3.63) is 65.9 Å². The van der Waals surface area contributed by atoms with Gasteiger partial charge in [-0.25, -0.2) is 0 Å². The molecule has 5 nitrogen and oxygen atoms in total. The molecular weight excluding hydrogens is 318 g/mol. The highest BCUT2D eigenvalue weighted by Crippen LogP contribution is 2.33. The molecule has 1 atom stereocenters. The summed E-state index contributed by atoms with van der Waals surface area (Å²) in [5.74, 6) is -0.0504. The van der Waals surface area contributed by atoms with Crippen molar-refractivity contribution in [2.24, 2.45) is 0 Å². The van der Waals surface area contributed by atoms with Crippen LogP contribution in [0.4, 0.5) is 0 Å².